The number of likely N-dealkylation sites (tertiary alicyclic amines) is 1. The smallest absolute Gasteiger partial charge is 0.238 e. The molecule has 4 atom stereocenters. The molecule has 3 fully saturated rings. The standard InChI is InChI=1S/C14H22ClNO/c15-9-14(17)16-12-7-3-1-5-10(12)11-6-2-4-8-13(11)16/h10-13H,1-9H2/t10-,11+,12-,13-/m1/s1. The number of carbonyl (C=O) groups is 1. The van der Waals surface area contributed by atoms with E-state index >= 15 is 0 Å². The molecule has 3 aliphatic rings. The first kappa shape index (κ1) is 11.8. The van der Waals surface area contributed by atoms with Crippen LogP contribution in [-0.2, 0) is 4.79 Å². The Morgan fingerprint density at radius 3 is 1.88 bits per heavy atom. The van der Waals surface area contributed by atoms with E-state index in [4.69, 9.17) is 11.6 Å². The maximum Gasteiger partial charge on any atom is 0.238 e. The van der Waals surface area contributed by atoms with E-state index in [1.165, 1.54) is 51.4 Å². The van der Waals surface area contributed by atoms with Crippen molar-refractivity contribution in [1.29, 1.82) is 0 Å². The van der Waals surface area contributed by atoms with Gasteiger partial charge in [0.1, 0.15) is 5.88 Å². The molecule has 3 rings (SSSR count). The van der Waals surface area contributed by atoms with E-state index in [1.54, 1.807) is 0 Å². The highest BCUT2D eigenvalue weighted by atomic mass is 35.5. The topological polar surface area (TPSA) is 20.3 Å². The zero-order chi connectivity index (χ0) is 11.8. The second kappa shape index (κ2) is 4.79. The van der Waals surface area contributed by atoms with Gasteiger partial charge in [0.2, 0.25) is 5.91 Å². The Morgan fingerprint density at radius 1 is 0.941 bits per heavy atom. The van der Waals surface area contributed by atoms with Gasteiger partial charge in [0.05, 0.1) is 0 Å². The van der Waals surface area contributed by atoms with E-state index < -0.39 is 0 Å². The molecule has 0 aromatic carbocycles. The molecule has 0 spiro atoms. The number of nitrogens with zero attached hydrogens (tertiary/aromatic N) is 1. The van der Waals surface area contributed by atoms with Crippen LogP contribution in [0.25, 0.3) is 0 Å². The number of alkyl halides is 1. The molecule has 2 aliphatic carbocycles. The summed E-state index contributed by atoms with van der Waals surface area (Å²) in [6.45, 7) is 0. The van der Waals surface area contributed by atoms with Crippen molar-refractivity contribution in [3.8, 4) is 0 Å². The average molecular weight is 256 g/mol. The lowest BCUT2D eigenvalue weighted by atomic mass is 9.73. The van der Waals surface area contributed by atoms with Gasteiger partial charge in [-0.2, -0.15) is 0 Å². The van der Waals surface area contributed by atoms with Crippen molar-refractivity contribution >= 4 is 17.5 Å². The Kier molecular flexibility index (Phi) is 3.34. The van der Waals surface area contributed by atoms with Crippen LogP contribution in [0, 0.1) is 11.8 Å². The van der Waals surface area contributed by atoms with Crippen molar-refractivity contribution in [2.75, 3.05) is 5.88 Å². The molecule has 0 bridgehead atoms. The molecule has 0 unspecified atom stereocenters. The number of carbonyl (C=O) groups excluding carboxylic acids is 1. The molecule has 1 amide bonds. The van der Waals surface area contributed by atoms with Crippen molar-refractivity contribution < 1.29 is 4.79 Å². The summed E-state index contributed by atoms with van der Waals surface area (Å²) in [5.74, 6) is 1.95. The minimum atomic E-state index is 0.173. The fraction of sp³-hybridized carbons (Fsp3) is 0.929. The van der Waals surface area contributed by atoms with Crippen molar-refractivity contribution in [2.24, 2.45) is 11.8 Å². The van der Waals surface area contributed by atoms with Crippen molar-refractivity contribution in [1.82, 2.24) is 4.90 Å². The van der Waals surface area contributed by atoms with Crippen LogP contribution in [0.1, 0.15) is 51.4 Å². The largest absolute Gasteiger partial charge is 0.335 e. The highest BCUT2D eigenvalue weighted by Crippen LogP contribution is 2.49. The maximum atomic E-state index is 12.1. The monoisotopic (exact) mass is 255 g/mol. The molecule has 3 heteroatoms. The number of halogens is 1. The summed E-state index contributed by atoms with van der Waals surface area (Å²) in [5, 5.41) is 0. The molecule has 1 heterocycles. The van der Waals surface area contributed by atoms with E-state index in [9.17, 15) is 4.79 Å². The summed E-state index contributed by atoms with van der Waals surface area (Å²) >= 11 is 5.80. The second-order valence-corrected chi connectivity index (χ2v) is 6.23. The molecule has 2 saturated carbocycles. The van der Waals surface area contributed by atoms with Crippen molar-refractivity contribution in [3.63, 3.8) is 0 Å². The van der Waals surface area contributed by atoms with Crippen LogP contribution < -0.4 is 0 Å². The van der Waals surface area contributed by atoms with Crippen LogP contribution in [0.15, 0.2) is 0 Å². The highest BCUT2D eigenvalue weighted by molar-refractivity contribution is 6.27. The first-order chi connectivity index (χ1) is 8.33. The quantitative estimate of drug-likeness (QED) is 0.659. The van der Waals surface area contributed by atoms with Crippen LogP contribution in [-0.4, -0.2) is 28.8 Å². The predicted octanol–water partition coefficient (Wildman–Crippen LogP) is 3.19. The van der Waals surface area contributed by atoms with E-state index in [1.807, 2.05) is 0 Å². The number of amides is 1. The molecule has 0 aromatic rings. The van der Waals surface area contributed by atoms with E-state index in [0.717, 1.165) is 11.8 Å². The minimum absolute atomic E-state index is 0.173. The third-order valence-electron chi connectivity index (χ3n) is 5.23. The molecule has 0 aromatic heterocycles. The van der Waals surface area contributed by atoms with Crippen LogP contribution in [0.5, 0.6) is 0 Å². The Hall–Kier alpha value is -0.240. The summed E-state index contributed by atoms with van der Waals surface area (Å²) in [4.78, 5) is 14.3. The SMILES string of the molecule is O=C(CCl)N1[C@@H]2CCCC[C@@H]2[C@@H]2CCCC[C@H]21. The molecule has 17 heavy (non-hydrogen) atoms. The summed E-state index contributed by atoms with van der Waals surface area (Å²) < 4.78 is 0. The average Bonchev–Trinajstić information content (AvgIpc) is 2.72. The third kappa shape index (κ3) is 1.89. The van der Waals surface area contributed by atoms with Gasteiger partial charge in [-0.05, 0) is 37.5 Å². The van der Waals surface area contributed by atoms with Gasteiger partial charge in [-0.25, -0.2) is 0 Å². The van der Waals surface area contributed by atoms with Crippen LogP contribution in [0.4, 0.5) is 0 Å². The number of fused-ring (bicyclic) bond motifs is 3. The third-order valence-corrected chi connectivity index (χ3v) is 5.46. The second-order valence-electron chi connectivity index (χ2n) is 5.97. The van der Waals surface area contributed by atoms with Crippen LogP contribution in [0.2, 0.25) is 0 Å². The van der Waals surface area contributed by atoms with E-state index in [0.29, 0.717) is 12.1 Å². The Balaban J connectivity index is 1.87. The van der Waals surface area contributed by atoms with E-state index in [2.05, 4.69) is 4.90 Å². The van der Waals surface area contributed by atoms with Gasteiger partial charge in [0, 0.05) is 12.1 Å². The predicted molar refractivity (Wildman–Crippen MR) is 69.1 cm³/mol. The molecule has 0 radical (unpaired) electrons. The molecule has 2 nitrogen and oxygen atoms in total. The van der Waals surface area contributed by atoms with Gasteiger partial charge in [0.25, 0.3) is 0 Å². The van der Waals surface area contributed by atoms with E-state index in [-0.39, 0.29) is 11.8 Å². The number of rotatable bonds is 1. The van der Waals surface area contributed by atoms with Crippen molar-refractivity contribution in [2.45, 2.75) is 63.5 Å². The lowest BCUT2D eigenvalue weighted by Gasteiger charge is -2.34. The Bertz CT molecular complexity index is 285. The Morgan fingerprint density at radius 2 is 1.41 bits per heavy atom. The fourth-order valence-corrected chi connectivity index (χ4v) is 4.79. The maximum absolute atomic E-state index is 12.1. The van der Waals surface area contributed by atoms with Crippen molar-refractivity contribution in [3.05, 3.63) is 0 Å². The number of hydrogen-bond acceptors (Lipinski definition) is 1. The minimum Gasteiger partial charge on any atom is -0.335 e. The van der Waals surface area contributed by atoms with Gasteiger partial charge >= 0.3 is 0 Å². The van der Waals surface area contributed by atoms with Gasteiger partial charge in [-0.3, -0.25) is 4.79 Å². The van der Waals surface area contributed by atoms with Gasteiger partial charge in [0.15, 0.2) is 0 Å². The highest BCUT2D eigenvalue weighted by Gasteiger charge is 2.50. The first-order valence-electron chi connectivity index (χ1n) is 7.20. The molecule has 96 valence electrons. The zero-order valence-corrected chi connectivity index (χ0v) is 11.2. The first-order valence-corrected chi connectivity index (χ1v) is 7.73. The molecule has 1 aliphatic heterocycles. The van der Waals surface area contributed by atoms with Gasteiger partial charge < -0.3 is 4.90 Å². The molecule has 1 saturated heterocycles. The van der Waals surface area contributed by atoms with Gasteiger partial charge in [-0.1, -0.05) is 25.7 Å². The lowest BCUT2D eigenvalue weighted by molar-refractivity contribution is -0.132. The normalized spacial score (nSPS) is 40.9. The summed E-state index contributed by atoms with van der Waals surface area (Å²) in [5.41, 5.74) is 0. The summed E-state index contributed by atoms with van der Waals surface area (Å²) in [6, 6.07) is 1.06. The lowest BCUT2D eigenvalue weighted by Crippen LogP contribution is -2.44. The molecular weight excluding hydrogens is 234 g/mol. The zero-order valence-electron chi connectivity index (χ0n) is 10.4. The van der Waals surface area contributed by atoms with Crippen LogP contribution >= 0.6 is 11.6 Å². The van der Waals surface area contributed by atoms with Crippen LogP contribution in [0.3, 0.4) is 0 Å². The molecular formula is C14H22ClNO. The Labute approximate surface area is 109 Å². The summed E-state index contributed by atoms with van der Waals surface area (Å²) in [7, 11) is 0. The summed E-state index contributed by atoms with van der Waals surface area (Å²) in [6.07, 6.45) is 10.5. The fourth-order valence-electron chi connectivity index (χ4n) is 4.65. The van der Waals surface area contributed by atoms with Gasteiger partial charge in [-0.15, -0.1) is 11.6 Å². The molecule has 0 N–H and O–H groups in total. The number of hydrogen-bond donors (Lipinski definition) is 0.